The molecule has 0 amide bonds. The Kier molecular flexibility index (Phi) is 4.59. The summed E-state index contributed by atoms with van der Waals surface area (Å²) in [6.07, 6.45) is 4.90. The van der Waals surface area contributed by atoms with Crippen molar-refractivity contribution >= 4 is 11.6 Å². The molecule has 0 bridgehead atoms. The number of imidazole rings is 1. The lowest BCUT2D eigenvalue weighted by molar-refractivity contribution is 0.922. The fourth-order valence-corrected chi connectivity index (χ4v) is 2.76. The van der Waals surface area contributed by atoms with Gasteiger partial charge in [-0.05, 0) is 29.2 Å². The summed E-state index contributed by atoms with van der Waals surface area (Å²) in [6, 6.07) is 16.6. The van der Waals surface area contributed by atoms with E-state index >= 15 is 0 Å². The van der Waals surface area contributed by atoms with Crippen LogP contribution in [0, 0.1) is 0 Å². The number of nitrogens with one attached hydrogen (secondary N) is 1. The SMILES string of the molecule is CCCc1ccc(-c2cnc(Cc3ccccc3Cl)[nH]2)cc1. The minimum atomic E-state index is 0.716. The number of aryl methyl sites for hydroxylation is 1. The molecule has 0 aliphatic carbocycles. The predicted octanol–water partition coefficient (Wildman–Crippen LogP) is 5.27. The van der Waals surface area contributed by atoms with Gasteiger partial charge in [0.1, 0.15) is 5.82 Å². The van der Waals surface area contributed by atoms with Gasteiger partial charge in [0, 0.05) is 11.4 Å². The molecule has 2 nitrogen and oxygen atoms in total. The molecule has 112 valence electrons. The summed E-state index contributed by atoms with van der Waals surface area (Å²) in [7, 11) is 0. The van der Waals surface area contributed by atoms with Crippen molar-refractivity contribution in [3.8, 4) is 11.3 Å². The molecule has 22 heavy (non-hydrogen) atoms. The molecule has 0 saturated heterocycles. The van der Waals surface area contributed by atoms with Gasteiger partial charge in [-0.25, -0.2) is 4.98 Å². The van der Waals surface area contributed by atoms with Crippen LogP contribution in [0.2, 0.25) is 5.02 Å². The van der Waals surface area contributed by atoms with Crippen molar-refractivity contribution in [2.24, 2.45) is 0 Å². The lowest BCUT2D eigenvalue weighted by atomic mass is 10.1. The highest BCUT2D eigenvalue weighted by atomic mass is 35.5. The van der Waals surface area contributed by atoms with Gasteiger partial charge >= 0.3 is 0 Å². The molecule has 2 aromatic carbocycles. The summed E-state index contributed by atoms with van der Waals surface area (Å²) in [5, 5.41) is 0.782. The molecule has 1 N–H and O–H groups in total. The second kappa shape index (κ2) is 6.80. The number of nitrogens with zero attached hydrogens (tertiary/aromatic N) is 1. The van der Waals surface area contributed by atoms with Crippen molar-refractivity contribution in [1.82, 2.24) is 9.97 Å². The van der Waals surface area contributed by atoms with Gasteiger partial charge in [-0.2, -0.15) is 0 Å². The largest absolute Gasteiger partial charge is 0.342 e. The summed E-state index contributed by atoms with van der Waals surface area (Å²) < 4.78 is 0. The first-order valence-corrected chi connectivity index (χ1v) is 8.00. The fraction of sp³-hybridized carbons (Fsp3) is 0.211. The van der Waals surface area contributed by atoms with E-state index in [0.717, 1.165) is 34.1 Å². The smallest absolute Gasteiger partial charge is 0.110 e. The number of aromatic nitrogens is 2. The molecule has 0 radical (unpaired) electrons. The van der Waals surface area contributed by atoms with E-state index in [4.69, 9.17) is 11.6 Å². The molecule has 0 aliphatic rings. The van der Waals surface area contributed by atoms with Crippen LogP contribution in [-0.2, 0) is 12.8 Å². The number of aromatic amines is 1. The van der Waals surface area contributed by atoms with Crippen molar-refractivity contribution in [1.29, 1.82) is 0 Å². The van der Waals surface area contributed by atoms with Crippen LogP contribution in [0.4, 0.5) is 0 Å². The first-order valence-electron chi connectivity index (χ1n) is 7.63. The third-order valence-electron chi connectivity index (χ3n) is 3.75. The Labute approximate surface area is 136 Å². The Morgan fingerprint density at radius 1 is 1.05 bits per heavy atom. The van der Waals surface area contributed by atoms with Crippen LogP contribution in [0.25, 0.3) is 11.3 Å². The number of hydrogen-bond acceptors (Lipinski definition) is 1. The molecule has 0 saturated carbocycles. The maximum atomic E-state index is 6.20. The molecule has 1 aromatic heterocycles. The van der Waals surface area contributed by atoms with Gasteiger partial charge in [0.05, 0.1) is 11.9 Å². The molecule has 0 atom stereocenters. The van der Waals surface area contributed by atoms with Crippen molar-refractivity contribution in [3.63, 3.8) is 0 Å². The lowest BCUT2D eigenvalue weighted by Crippen LogP contribution is -1.91. The monoisotopic (exact) mass is 310 g/mol. The highest BCUT2D eigenvalue weighted by Crippen LogP contribution is 2.21. The quantitative estimate of drug-likeness (QED) is 0.683. The topological polar surface area (TPSA) is 28.7 Å². The van der Waals surface area contributed by atoms with Crippen LogP contribution >= 0.6 is 11.6 Å². The normalized spacial score (nSPS) is 10.8. The minimum absolute atomic E-state index is 0.716. The Balaban J connectivity index is 1.77. The van der Waals surface area contributed by atoms with Crippen molar-refractivity contribution in [2.45, 2.75) is 26.2 Å². The summed E-state index contributed by atoms with van der Waals surface area (Å²) in [6.45, 7) is 2.20. The second-order valence-corrected chi connectivity index (χ2v) is 5.87. The predicted molar refractivity (Wildman–Crippen MR) is 92.3 cm³/mol. The van der Waals surface area contributed by atoms with E-state index in [1.165, 1.54) is 12.0 Å². The Morgan fingerprint density at radius 2 is 1.82 bits per heavy atom. The fourth-order valence-electron chi connectivity index (χ4n) is 2.56. The number of halogens is 1. The molecule has 3 rings (SSSR count). The summed E-state index contributed by atoms with van der Waals surface area (Å²) in [5.41, 5.74) is 4.67. The second-order valence-electron chi connectivity index (χ2n) is 5.46. The first kappa shape index (κ1) is 14.9. The van der Waals surface area contributed by atoms with Gasteiger partial charge in [-0.15, -0.1) is 0 Å². The van der Waals surface area contributed by atoms with Crippen LogP contribution in [0.15, 0.2) is 54.7 Å². The van der Waals surface area contributed by atoms with E-state index in [1.807, 2.05) is 30.5 Å². The lowest BCUT2D eigenvalue weighted by Gasteiger charge is -2.02. The number of benzene rings is 2. The maximum absolute atomic E-state index is 6.20. The summed E-state index contributed by atoms with van der Waals surface area (Å²) >= 11 is 6.20. The van der Waals surface area contributed by atoms with E-state index in [1.54, 1.807) is 0 Å². The van der Waals surface area contributed by atoms with Crippen LogP contribution < -0.4 is 0 Å². The highest BCUT2D eigenvalue weighted by Gasteiger charge is 2.06. The molecular formula is C19H19ClN2. The van der Waals surface area contributed by atoms with Crippen LogP contribution in [-0.4, -0.2) is 9.97 Å². The number of rotatable bonds is 5. The van der Waals surface area contributed by atoms with E-state index in [-0.39, 0.29) is 0 Å². The molecule has 1 heterocycles. The van der Waals surface area contributed by atoms with E-state index in [9.17, 15) is 0 Å². The van der Waals surface area contributed by atoms with Gasteiger partial charge < -0.3 is 4.98 Å². The maximum Gasteiger partial charge on any atom is 0.110 e. The first-order chi connectivity index (χ1) is 10.8. The average molecular weight is 311 g/mol. The third-order valence-corrected chi connectivity index (χ3v) is 4.12. The Morgan fingerprint density at radius 3 is 2.55 bits per heavy atom. The Hall–Kier alpha value is -2.06. The van der Waals surface area contributed by atoms with Crippen molar-refractivity contribution in [2.75, 3.05) is 0 Å². The number of hydrogen-bond donors (Lipinski definition) is 1. The van der Waals surface area contributed by atoms with Gasteiger partial charge in [0.2, 0.25) is 0 Å². The molecule has 0 spiro atoms. The van der Waals surface area contributed by atoms with Gasteiger partial charge in [0.15, 0.2) is 0 Å². The van der Waals surface area contributed by atoms with Crippen LogP contribution in [0.5, 0.6) is 0 Å². The molecular weight excluding hydrogens is 292 g/mol. The standard InChI is InChI=1S/C19H19ClN2/c1-2-5-14-8-10-15(11-9-14)18-13-21-19(22-18)12-16-6-3-4-7-17(16)20/h3-4,6-11,13H,2,5,12H2,1H3,(H,21,22). The molecule has 3 heteroatoms. The van der Waals surface area contributed by atoms with Gasteiger partial charge in [0.25, 0.3) is 0 Å². The summed E-state index contributed by atoms with van der Waals surface area (Å²) in [5.74, 6) is 0.931. The Bertz CT molecular complexity index is 744. The van der Waals surface area contributed by atoms with Crippen molar-refractivity contribution in [3.05, 3.63) is 76.7 Å². The zero-order valence-electron chi connectivity index (χ0n) is 12.6. The zero-order valence-corrected chi connectivity index (χ0v) is 13.4. The van der Waals surface area contributed by atoms with E-state index in [0.29, 0.717) is 6.42 Å². The van der Waals surface area contributed by atoms with E-state index < -0.39 is 0 Å². The van der Waals surface area contributed by atoms with E-state index in [2.05, 4.69) is 41.2 Å². The van der Waals surface area contributed by atoms with Crippen LogP contribution in [0.3, 0.4) is 0 Å². The molecule has 0 fully saturated rings. The molecule has 3 aromatic rings. The van der Waals surface area contributed by atoms with Gasteiger partial charge in [-0.1, -0.05) is 67.4 Å². The summed E-state index contributed by atoms with van der Waals surface area (Å²) in [4.78, 5) is 7.86. The average Bonchev–Trinajstić information content (AvgIpc) is 2.99. The molecule has 0 aliphatic heterocycles. The van der Waals surface area contributed by atoms with Gasteiger partial charge in [-0.3, -0.25) is 0 Å². The minimum Gasteiger partial charge on any atom is -0.342 e. The highest BCUT2D eigenvalue weighted by molar-refractivity contribution is 6.31. The van der Waals surface area contributed by atoms with Crippen molar-refractivity contribution < 1.29 is 0 Å². The number of H-pyrrole nitrogens is 1. The molecule has 0 unspecified atom stereocenters. The van der Waals surface area contributed by atoms with Crippen LogP contribution in [0.1, 0.15) is 30.3 Å². The zero-order chi connectivity index (χ0) is 15.4. The third kappa shape index (κ3) is 3.40.